The van der Waals surface area contributed by atoms with Gasteiger partial charge in [-0.05, 0) is 31.5 Å². The molecule has 0 fully saturated rings. The van der Waals surface area contributed by atoms with Gasteiger partial charge in [-0.1, -0.05) is 42.0 Å². The molecule has 0 saturated heterocycles. The Kier molecular flexibility index (Phi) is 5.09. The van der Waals surface area contributed by atoms with Crippen molar-refractivity contribution in [3.05, 3.63) is 75.6 Å². The topological polar surface area (TPSA) is 90.0 Å². The fourth-order valence-electron chi connectivity index (χ4n) is 2.95. The normalized spacial score (nSPS) is 10.8. The third-order valence-corrected chi connectivity index (χ3v) is 5.09. The predicted molar refractivity (Wildman–Crippen MR) is 112 cm³/mol. The summed E-state index contributed by atoms with van der Waals surface area (Å²) in [6.07, 6.45) is 0. The smallest absolute Gasteiger partial charge is 0.388 e. The van der Waals surface area contributed by atoms with Gasteiger partial charge in [0.05, 0.1) is 5.69 Å². The summed E-state index contributed by atoms with van der Waals surface area (Å²) in [6.45, 7) is 3.81. The van der Waals surface area contributed by atoms with Gasteiger partial charge in [-0.15, -0.1) is 16.4 Å². The molecule has 2 aromatic carbocycles. The number of rotatable bonds is 5. The molecule has 0 radical (unpaired) electrons. The van der Waals surface area contributed by atoms with E-state index in [1.807, 2.05) is 49.6 Å². The van der Waals surface area contributed by atoms with E-state index in [0.717, 1.165) is 21.5 Å². The first-order valence-corrected chi connectivity index (χ1v) is 9.84. The molecule has 2 heterocycles. The van der Waals surface area contributed by atoms with Crippen molar-refractivity contribution in [3.8, 4) is 22.7 Å². The number of aromatic nitrogens is 3. The molecule has 146 valence electrons. The van der Waals surface area contributed by atoms with E-state index in [2.05, 4.69) is 21.5 Å². The number of anilines is 1. The Morgan fingerprint density at radius 3 is 2.72 bits per heavy atom. The van der Waals surface area contributed by atoms with Gasteiger partial charge in [-0.2, -0.15) is 4.68 Å². The van der Waals surface area contributed by atoms with Crippen LogP contribution in [0.1, 0.15) is 11.1 Å². The van der Waals surface area contributed by atoms with Crippen LogP contribution in [-0.2, 0) is 11.3 Å². The van der Waals surface area contributed by atoms with Gasteiger partial charge in [-0.25, -0.2) is 9.78 Å². The molecule has 2 aromatic heterocycles. The van der Waals surface area contributed by atoms with Crippen molar-refractivity contribution in [2.24, 2.45) is 0 Å². The highest BCUT2D eigenvalue weighted by Crippen LogP contribution is 2.28. The number of aryl methyl sites for hydroxylation is 2. The Morgan fingerprint density at radius 1 is 1.17 bits per heavy atom. The molecular formula is C21H18N4O3S. The number of nitrogens with one attached hydrogen (secondary N) is 1. The fraction of sp³-hybridized carbons (Fsp3) is 0.143. The quantitative estimate of drug-likeness (QED) is 0.543. The number of benzene rings is 2. The third-order valence-electron chi connectivity index (χ3n) is 4.33. The van der Waals surface area contributed by atoms with Crippen LogP contribution < -0.4 is 11.1 Å². The Bertz CT molecular complexity index is 1220. The van der Waals surface area contributed by atoms with E-state index >= 15 is 0 Å². The van der Waals surface area contributed by atoms with Crippen molar-refractivity contribution in [1.29, 1.82) is 0 Å². The van der Waals surface area contributed by atoms with Crippen LogP contribution in [0.2, 0.25) is 0 Å². The molecule has 0 aliphatic rings. The summed E-state index contributed by atoms with van der Waals surface area (Å²) in [5, 5.41) is 9.16. The van der Waals surface area contributed by atoms with E-state index < -0.39 is 11.7 Å². The van der Waals surface area contributed by atoms with E-state index in [-0.39, 0.29) is 12.4 Å². The van der Waals surface area contributed by atoms with E-state index in [1.165, 1.54) is 16.9 Å². The second-order valence-corrected chi connectivity index (χ2v) is 7.46. The minimum Gasteiger partial charge on any atom is -0.388 e. The van der Waals surface area contributed by atoms with Gasteiger partial charge >= 0.3 is 5.76 Å². The second kappa shape index (κ2) is 7.84. The van der Waals surface area contributed by atoms with Crippen LogP contribution in [-0.4, -0.2) is 20.7 Å². The van der Waals surface area contributed by atoms with Crippen LogP contribution in [0.15, 0.2) is 63.1 Å². The van der Waals surface area contributed by atoms with E-state index in [4.69, 9.17) is 4.42 Å². The number of nitrogens with zero attached hydrogens (tertiary/aromatic N) is 3. The monoisotopic (exact) mass is 406 g/mol. The Morgan fingerprint density at radius 2 is 1.97 bits per heavy atom. The summed E-state index contributed by atoms with van der Waals surface area (Å²) in [7, 11) is 0. The number of carbonyl (C=O) groups excluding carboxylic acids is 1. The highest BCUT2D eigenvalue weighted by molar-refractivity contribution is 7.14. The molecule has 1 N–H and O–H groups in total. The van der Waals surface area contributed by atoms with Crippen LogP contribution in [0.3, 0.4) is 0 Å². The Hall–Kier alpha value is -3.52. The first kappa shape index (κ1) is 18.8. The zero-order chi connectivity index (χ0) is 20.4. The molecule has 0 spiro atoms. The van der Waals surface area contributed by atoms with Crippen LogP contribution in [0, 0.1) is 13.8 Å². The SMILES string of the molecule is Cc1ccc(-c2csc(NC(=O)Cn3nc(-c4ccccc4)oc3=O)n2)c(C)c1. The zero-order valence-corrected chi connectivity index (χ0v) is 16.7. The largest absolute Gasteiger partial charge is 0.437 e. The van der Waals surface area contributed by atoms with Gasteiger partial charge in [0.2, 0.25) is 11.8 Å². The maximum absolute atomic E-state index is 12.4. The maximum atomic E-state index is 12.4. The number of hydrogen-bond donors (Lipinski definition) is 1. The minimum atomic E-state index is -0.686. The summed E-state index contributed by atoms with van der Waals surface area (Å²) in [6, 6.07) is 15.2. The highest BCUT2D eigenvalue weighted by atomic mass is 32.1. The van der Waals surface area contributed by atoms with Crippen molar-refractivity contribution in [3.63, 3.8) is 0 Å². The number of amides is 1. The molecule has 0 atom stereocenters. The lowest BCUT2D eigenvalue weighted by Crippen LogP contribution is -2.25. The first-order chi connectivity index (χ1) is 14.0. The molecule has 0 aliphatic heterocycles. The minimum absolute atomic E-state index is 0.176. The molecule has 29 heavy (non-hydrogen) atoms. The molecule has 0 bridgehead atoms. The molecule has 4 rings (SSSR count). The van der Waals surface area contributed by atoms with Crippen LogP contribution in [0.5, 0.6) is 0 Å². The van der Waals surface area contributed by atoms with E-state index in [9.17, 15) is 9.59 Å². The predicted octanol–water partition coefficient (Wildman–Crippen LogP) is 3.88. The molecule has 7 nitrogen and oxygen atoms in total. The van der Waals surface area contributed by atoms with Gasteiger partial charge in [0.25, 0.3) is 0 Å². The van der Waals surface area contributed by atoms with Crippen molar-refractivity contribution in [1.82, 2.24) is 14.8 Å². The fourth-order valence-corrected chi connectivity index (χ4v) is 3.68. The maximum Gasteiger partial charge on any atom is 0.437 e. The van der Waals surface area contributed by atoms with E-state index in [0.29, 0.717) is 10.7 Å². The van der Waals surface area contributed by atoms with Crippen molar-refractivity contribution in [2.45, 2.75) is 20.4 Å². The molecule has 8 heteroatoms. The zero-order valence-electron chi connectivity index (χ0n) is 15.9. The summed E-state index contributed by atoms with van der Waals surface area (Å²) in [5.74, 6) is -0.912. The molecule has 0 unspecified atom stereocenters. The average molecular weight is 406 g/mol. The Labute approximate surface area is 170 Å². The van der Waals surface area contributed by atoms with Gasteiger partial charge in [0, 0.05) is 16.5 Å². The summed E-state index contributed by atoms with van der Waals surface area (Å²) < 4.78 is 6.14. The van der Waals surface area contributed by atoms with Gasteiger partial charge in [0.1, 0.15) is 6.54 Å². The molecule has 0 saturated carbocycles. The van der Waals surface area contributed by atoms with Gasteiger partial charge < -0.3 is 9.73 Å². The van der Waals surface area contributed by atoms with E-state index in [1.54, 1.807) is 12.1 Å². The Balaban J connectivity index is 1.46. The van der Waals surface area contributed by atoms with Crippen LogP contribution in [0.4, 0.5) is 5.13 Å². The number of thiazole rings is 1. The number of hydrogen-bond acceptors (Lipinski definition) is 6. The van der Waals surface area contributed by atoms with Crippen molar-refractivity contribution in [2.75, 3.05) is 5.32 Å². The molecule has 0 aliphatic carbocycles. The molecular weight excluding hydrogens is 388 g/mol. The number of carbonyl (C=O) groups is 1. The van der Waals surface area contributed by atoms with Crippen molar-refractivity contribution < 1.29 is 9.21 Å². The summed E-state index contributed by atoms with van der Waals surface area (Å²) in [4.78, 5) is 28.8. The third kappa shape index (κ3) is 4.17. The van der Waals surface area contributed by atoms with Crippen LogP contribution in [0.25, 0.3) is 22.7 Å². The summed E-state index contributed by atoms with van der Waals surface area (Å²) in [5.41, 5.74) is 4.79. The highest BCUT2D eigenvalue weighted by Gasteiger charge is 2.15. The van der Waals surface area contributed by atoms with Crippen molar-refractivity contribution >= 4 is 22.4 Å². The lowest BCUT2D eigenvalue weighted by atomic mass is 10.0. The van der Waals surface area contributed by atoms with Gasteiger partial charge in [-0.3, -0.25) is 4.79 Å². The van der Waals surface area contributed by atoms with Gasteiger partial charge in [0.15, 0.2) is 5.13 Å². The standard InChI is InChI=1S/C21H18N4O3S/c1-13-8-9-16(14(2)10-13)17-12-29-20(22-17)23-18(26)11-25-21(27)28-19(24-25)15-6-4-3-5-7-15/h3-10,12H,11H2,1-2H3,(H,22,23,26). The molecule has 1 amide bonds. The summed E-state index contributed by atoms with van der Waals surface area (Å²) >= 11 is 1.33. The average Bonchev–Trinajstić information content (AvgIpc) is 3.29. The second-order valence-electron chi connectivity index (χ2n) is 6.60. The lowest BCUT2D eigenvalue weighted by Gasteiger charge is -2.04. The first-order valence-electron chi connectivity index (χ1n) is 8.96. The molecule has 4 aromatic rings. The lowest BCUT2D eigenvalue weighted by molar-refractivity contribution is -0.117. The van der Waals surface area contributed by atoms with Crippen LogP contribution >= 0.6 is 11.3 Å².